The Morgan fingerprint density at radius 3 is 0.909 bits per heavy atom. The third-order valence-corrected chi connectivity index (χ3v) is 0. The van der Waals surface area contributed by atoms with E-state index in [1.807, 2.05) is 0 Å². The number of carboxylic acid groups (broad SMARTS) is 2. The molecule has 0 saturated heterocycles. The van der Waals surface area contributed by atoms with E-state index in [4.69, 9.17) is 29.8 Å². The minimum atomic E-state index is -5.00. The summed E-state index contributed by atoms with van der Waals surface area (Å²) >= 11 is -5.00. The van der Waals surface area contributed by atoms with Gasteiger partial charge in [-0.3, -0.25) is 0 Å². The number of rotatable bonds is 0. The molecule has 0 atom stereocenters. The zero-order chi connectivity index (χ0) is 8.08. The fourth-order valence-corrected chi connectivity index (χ4v) is 0. The number of hydrogen-bond acceptors (Lipinski definition) is 5. The molecule has 60 valence electrons. The molecule has 0 amide bonds. The van der Waals surface area contributed by atoms with E-state index in [0.29, 0.717) is 0 Å². The molecule has 0 saturated carbocycles. The molecule has 0 heterocycles. The fraction of sp³-hybridized carbons (Fsp3) is 0. The fourth-order valence-electron chi connectivity index (χ4n) is 0. The van der Waals surface area contributed by atoms with Gasteiger partial charge >= 0.3 is 76.8 Å². The van der Waals surface area contributed by atoms with E-state index in [1.54, 1.807) is 0 Å². The van der Waals surface area contributed by atoms with E-state index < -0.39 is 24.3 Å². The summed E-state index contributed by atoms with van der Waals surface area (Å²) in [6, 6.07) is 0. The van der Waals surface area contributed by atoms with Crippen molar-refractivity contribution in [2.45, 2.75) is 0 Å². The molecule has 0 spiro atoms. The van der Waals surface area contributed by atoms with Crippen molar-refractivity contribution in [3.8, 4) is 0 Å². The molecule has 11 heavy (non-hydrogen) atoms. The van der Waals surface area contributed by atoms with E-state index in [0.717, 1.165) is 0 Å². The van der Waals surface area contributed by atoms with Crippen molar-refractivity contribution < 1.29 is 47.9 Å². The van der Waals surface area contributed by atoms with Crippen molar-refractivity contribution in [3.05, 3.63) is 0 Å². The SMILES string of the molecule is O=C(O)O.[LiH].[LiH].[OH][Ti]([OH])([OH])[OH]. The Hall–Kier alpha value is 1.02. The Kier molecular flexibility index (Phi) is 22.7. The van der Waals surface area contributed by atoms with Crippen LogP contribution in [0.3, 0.4) is 0 Å². The summed E-state index contributed by atoms with van der Waals surface area (Å²) in [5, 5.41) is 13.9. The van der Waals surface area contributed by atoms with Crippen LogP contribution in [-0.4, -0.2) is 68.8 Å². The van der Waals surface area contributed by atoms with Crippen LogP contribution in [0.4, 0.5) is 4.79 Å². The predicted molar refractivity (Wildman–Crippen MR) is 33.8 cm³/mol. The topological polar surface area (TPSA) is 138 Å². The molecule has 0 aromatic rings. The zero-order valence-electron chi connectivity index (χ0n) is 4.09. The van der Waals surface area contributed by atoms with Gasteiger partial charge in [0.25, 0.3) is 0 Å². The van der Waals surface area contributed by atoms with Gasteiger partial charge in [0.15, 0.2) is 0 Å². The van der Waals surface area contributed by atoms with Gasteiger partial charge in [0.1, 0.15) is 0 Å². The van der Waals surface area contributed by atoms with Crippen LogP contribution >= 0.6 is 0 Å². The Balaban J connectivity index is -0.0000000383. The van der Waals surface area contributed by atoms with Gasteiger partial charge in [-0.25, -0.2) is 4.79 Å². The van der Waals surface area contributed by atoms with Crippen LogP contribution in [0.25, 0.3) is 0 Å². The summed E-state index contributed by atoms with van der Waals surface area (Å²) in [6.45, 7) is 0. The minimum absolute atomic E-state index is 0. The first-order valence-electron chi connectivity index (χ1n) is 1.55. The van der Waals surface area contributed by atoms with Gasteiger partial charge in [-0.15, -0.1) is 0 Å². The molecule has 7 nitrogen and oxygen atoms in total. The molecule has 0 bridgehead atoms. The Labute approximate surface area is 91.3 Å². The summed E-state index contributed by atoms with van der Waals surface area (Å²) in [7, 11) is 0. The van der Waals surface area contributed by atoms with Gasteiger partial charge in [0.05, 0.1) is 0 Å². The van der Waals surface area contributed by atoms with E-state index >= 15 is 0 Å². The molecule has 0 aliphatic rings. The normalized spacial score (nSPS) is 7.64. The van der Waals surface area contributed by atoms with Crippen molar-refractivity contribution >= 4 is 43.9 Å². The van der Waals surface area contributed by atoms with Crippen molar-refractivity contribution in [3.63, 3.8) is 0 Å². The van der Waals surface area contributed by atoms with Crippen LogP contribution in [0.2, 0.25) is 0 Å². The van der Waals surface area contributed by atoms with E-state index in [9.17, 15) is 0 Å². The monoisotopic (exact) mass is 194 g/mol. The van der Waals surface area contributed by atoms with Crippen molar-refractivity contribution in [1.29, 1.82) is 0 Å². The van der Waals surface area contributed by atoms with Crippen LogP contribution in [0, 0.1) is 0 Å². The van der Waals surface area contributed by atoms with Gasteiger partial charge in [-0.05, 0) is 0 Å². The molecule has 0 aliphatic carbocycles. The average molecular weight is 194 g/mol. The summed E-state index contributed by atoms with van der Waals surface area (Å²) in [5.41, 5.74) is 0. The second-order valence-electron chi connectivity index (χ2n) is 0.883. The predicted octanol–water partition coefficient (Wildman–Crippen LogP) is -3.31. The van der Waals surface area contributed by atoms with Gasteiger partial charge in [0.2, 0.25) is 0 Å². The summed E-state index contributed by atoms with van der Waals surface area (Å²) < 4.78 is 29.5. The Morgan fingerprint density at radius 2 is 0.909 bits per heavy atom. The van der Waals surface area contributed by atoms with E-state index in [-0.39, 0.29) is 37.7 Å². The molecule has 0 rings (SSSR count). The average Bonchev–Trinajstić information content (AvgIpc) is 1.19. The molecule has 0 unspecified atom stereocenters. The summed E-state index contributed by atoms with van der Waals surface area (Å²) in [4.78, 5) is 8.56. The van der Waals surface area contributed by atoms with Crippen molar-refractivity contribution in [1.82, 2.24) is 0 Å². The van der Waals surface area contributed by atoms with Crippen LogP contribution < -0.4 is 0 Å². The molecule has 0 aliphatic heterocycles. The molecule has 0 fully saturated rings. The zero-order valence-corrected chi connectivity index (χ0v) is 5.65. The maximum absolute atomic E-state index is 8.56. The van der Waals surface area contributed by atoms with Gasteiger partial charge in [-0.1, -0.05) is 0 Å². The number of hydrogen-bond donors (Lipinski definition) is 6. The van der Waals surface area contributed by atoms with Crippen LogP contribution in [-0.2, 0) is 18.1 Å². The summed E-state index contributed by atoms with van der Waals surface area (Å²) in [5.74, 6) is 0. The van der Waals surface area contributed by atoms with Gasteiger partial charge in [-0.2, -0.15) is 0 Å². The first-order chi connectivity index (χ1) is 3.73. The molecule has 6 N–H and O–H groups in total. The Morgan fingerprint density at radius 1 is 0.909 bits per heavy atom. The van der Waals surface area contributed by atoms with Crippen molar-refractivity contribution in [2.75, 3.05) is 0 Å². The molecular formula is CH8Li2O7Ti. The third kappa shape index (κ3) is 863. The second-order valence-corrected chi connectivity index (χ2v) is 2.76. The molecule has 0 radical (unpaired) electrons. The van der Waals surface area contributed by atoms with Crippen molar-refractivity contribution in [2.24, 2.45) is 0 Å². The maximum atomic E-state index is 8.56. The van der Waals surface area contributed by atoms with E-state index in [2.05, 4.69) is 0 Å². The van der Waals surface area contributed by atoms with Crippen LogP contribution in [0.15, 0.2) is 0 Å². The second kappa shape index (κ2) is 11.0. The quantitative estimate of drug-likeness (QED) is 0.222. The van der Waals surface area contributed by atoms with Gasteiger partial charge < -0.3 is 10.2 Å². The number of carbonyl (C=O) groups is 1. The first kappa shape index (κ1) is 22.7. The molecule has 10 heteroatoms. The first-order valence-corrected chi connectivity index (χ1v) is 4.34. The van der Waals surface area contributed by atoms with Crippen LogP contribution in [0.1, 0.15) is 0 Å². The standard InChI is InChI=1S/CH2O3.2Li.4H2O.Ti.2H/c2-1(3)4;;;;;;;;;/h(H2,2,3,4);;;4*1H2;;;/q;;;;;;;+4;;/p-4. The van der Waals surface area contributed by atoms with Crippen LogP contribution in [0.5, 0.6) is 0 Å². The van der Waals surface area contributed by atoms with E-state index in [1.165, 1.54) is 0 Å². The molecule has 0 aromatic carbocycles. The molecular weight excluding hydrogens is 186 g/mol. The third-order valence-electron chi connectivity index (χ3n) is 0. The summed E-state index contributed by atoms with van der Waals surface area (Å²) in [6.07, 6.45) is -1.83. The molecule has 0 aromatic heterocycles. The Bertz CT molecular complexity index is 78.9. The van der Waals surface area contributed by atoms with Gasteiger partial charge in [0, 0.05) is 0 Å².